The minimum Gasteiger partial charge on any atom is -0.486 e. The van der Waals surface area contributed by atoms with Crippen molar-refractivity contribution in [2.24, 2.45) is 7.05 Å². The van der Waals surface area contributed by atoms with Crippen LogP contribution in [0.5, 0.6) is 5.75 Å². The van der Waals surface area contributed by atoms with Crippen molar-refractivity contribution in [1.82, 2.24) is 19.7 Å². The first-order chi connectivity index (χ1) is 10.2. The fourth-order valence-electron chi connectivity index (χ4n) is 2.12. The molecule has 2 aromatic heterocycles. The fourth-order valence-corrected chi connectivity index (χ4v) is 2.12. The number of fused-ring (bicyclic) bond motifs is 1. The van der Waals surface area contributed by atoms with Crippen LogP contribution in [0.2, 0.25) is 0 Å². The predicted molar refractivity (Wildman–Crippen MR) is 80.9 cm³/mol. The van der Waals surface area contributed by atoms with Crippen LogP contribution in [0.4, 0.5) is 5.82 Å². The maximum atomic E-state index is 5.92. The van der Waals surface area contributed by atoms with E-state index in [0.717, 1.165) is 17.6 Å². The first kappa shape index (κ1) is 13.4. The van der Waals surface area contributed by atoms with E-state index in [1.54, 1.807) is 10.9 Å². The molecule has 0 saturated heterocycles. The Morgan fingerprint density at radius 3 is 2.67 bits per heavy atom. The van der Waals surface area contributed by atoms with E-state index in [1.807, 2.05) is 19.2 Å². The van der Waals surface area contributed by atoms with Crippen LogP contribution in [0.25, 0.3) is 11.0 Å². The van der Waals surface area contributed by atoms with Crippen LogP contribution >= 0.6 is 0 Å². The molecule has 6 nitrogen and oxygen atoms in total. The van der Waals surface area contributed by atoms with Crippen molar-refractivity contribution in [3.63, 3.8) is 0 Å². The molecule has 0 spiro atoms. The minimum atomic E-state index is 0.275. The number of hydrogen-bond donors (Lipinski definition) is 1. The zero-order valence-corrected chi connectivity index (χ0v) is 12.1. The lowest BCUT2D eigenvalue weighted by atomic mass is 10.2. The second-order valence-electron chi connectivity index (χ2n) is 4.82. The molecule has 0 bridgehead atoms. The first-order valence-electron chi connectivity index (χ1n) is 6.83. The van der Waals surface area contributed by atoms with Crippen LogP contribution in [0.1, 0.15) is 18.3 Å². The van der Waals surface area contributed by atoms with E-state index >= 15 is 0 Å². The molecule has 1 aromatic carbocycles. The monoisotopic (exact) mass is 283 g/mol. The van der Waals surface area contributed by atoms with E-state index in [0.29, 0.717) is 17.3 Å². The van der Waals surface area contributed by atoms with Crippen molar-refractivity contribution in [2.75, 3.05) is 5.73 Å². The van der Waals surface area contributed by atoms with Gasteiger partial charge < -0.3 is 10.5 Å². The molecule has 0 aliphatic carbocycles. The Hall–Kier alpha value is -2.63. The smallest absolute Gasteiger partial charge is 0.170 e. The second-order valence-corrected chi connectivity index (χ2v) is 4.82. The van der Waals surface area contributed by atoms with Crippen molar-refractivity contribution in [1.29, 1.82) is 0 Å². The molecule has 6 heteroatoms. The Morgan fingerprint density at radius 1 is 1.19 bits per heavy atom. The van der Waals surface area contributed by atoms with Gasteiger partial charge in [0.05, 0.1) is 11.6 Å². The van der Waals surface area contributed by atoms with Crippen LogP contribution in [0, 0.1) is 0 Å². The zero-order valence-electron chi connectivity index (χ0n) is 12.1. The zero-order chi connectivity index (χ0) is 14.8. The van der Waals surface area contributed by atoms with Crippen molar-refractivity contribution < 1.29 is 4.74 Å². The summed E-state index contributed by atoms with van der Waals surface area (Å²) in [4.78, 5) is 8.68. The van der Waals surface area contributed by atoms with Crippen LogP contribution in [-0.4, -0.2) is 19.7 Å². The molecule has 2 heterocycles. The lowest BCUT2D eigenvalue weighted by Gasteiger charge is -2.07. The highest BCUT2D eigenvalue weighted by Crippen LogP contribution is 2.18. The Bertz CT molecular complexity index is 764. The molecule has 0 fully saturated rings. The third kappa shape index (κ3) is 2.65. The third-order valence-corrected chi connectivity index (χ3v) is 3.37. The minimum absolute atomic E-state index is 0.275. The van der Waals surface area contributed by atoms with Gasteiger partial charge in [-0.1, -0.05) is 19.1 Å². The van der Waals surface area contributed by atoms with Gasteiger partial charge in [-0.25, -0.2) is 9.97 Å². The molecular formula is C15H17N5O. The highest BCUT2D eigenvalue weighted by molar-refractivity contribution is 5.84. The van der Waals surface area contributed by atoms with Gasteiger partial charge in [0, 0.05) is 7.05 Å². The average Bonchev–Trinajstić information content (AvgIpc) is 2.88. The maximum absolute atomic E-state index is 5.92. The number of rotatable bonds is 4. The van der Waals surface area contributed by atoms with Gasteiger partial charge >= 0.3 is 0 Å². The highest BCUT2D eigenvalue weighted by atomic mass is 16.5. The number of aromatic nitrogens is 4. The fraction of sp³-hybridized carbons (Fsp3) is 0.267. The number of nitrogens with two attached hydrogens (primary N) is 1. The number of nitrogens with zero attached hydrogens (tertiary/aromatic N) is 4. The van der Waals surface area contributed by atoms with Gasteiger partial charge in [0.1, 0.15) is 18.2 Å². The average molecular weight is 283 g/mol. The number of hydrogen-bond acceptors (Lipinski definition) is 5. The summed E-state index contributed by atoms with van der Waals surface area (Å²) in [6.07, 6.45) is 2.68. The van der Waals surface area contributed by atoms with Gasteiger partial charge in [-0.3, -0.25) is 4.68 Å². The molecular weight excluding hydrogens is 266 g/mol. The molecule has 2 N–H and O–H groups in total. The quantitative estimate of drug-likeness (QED) is 0.793. The standard InChI is InChI=1S/C15H17N5O/c1-3-10-4-6-11(7-5-10)21-9-13-18-14(16)12-8-17-20(2)15(12)19-13/h4-8H,3,9H2,1-2H3,(H2,16,18,19). The van der Waals surface area contributed by atoms with Crippen LogP contribution in [-0.2, 0) is 20.1 Å². The molecule has 0 aliphatic rings. The van der Waals surface area contributed by atoms with Crippen molar-refractivity contribution in [3.8, 4) is 5.75 Å². The van der Waals surface area contributed by atoms with E-state index in [1.165, 1.54) is 5.56 Å². The molecule has 21 heavy (non-hydrogen) atoms. The summed E-state index contributed by atoms with van der Waals surface area (Å²) < 4.78 is 7.38. The molecule has 0 amide bonds. The summed E-state index contributed by atoms with van der Waals surface area (Å²) in [7, 11) is 1.82. The van der Waals surface area contributed by atoms with E-state index in [2.05, 4.69) is 34.1 Å². The van der Waals surface area contributed by atoms with Gasteiger partial charge in [-0.2, -0.15) is 5.10 Å². The second kappa shape index (κ2) is 5.40. The number of benzene rings is 1. The van der Waals surface area contributed by atoms with Crippen LogP contribution in [0.3, 0.4) is 0 Å². The Balaban J connectivity index is 1.79. The Kier molecular flexibility index (Phi) is 3.43. The van der Waals surface area contributed by atoms with Gasteiger partial charge in [-0.05, 0) is 24.1 Å². The van der Waals surface area contributed by atoms with Gasteiger partial charge in [-0.15, -0.1) is 0 Å². The van der Waals surface area contributed by atoms with E-state index < -0.39 is 0 Å². The Morgan fingerprint density at radius 2 is 1.95 bits per heavy atom. The molecule has 0 aliphatic heterocycles. The topological polar surface area (TPSA) is 78.9 Å². The van der Waals surface area contributed by atoms with E-state index in [9.17, 15) is 0 Å². The molecule has 3 aromatic rings. The normalized spacial score (nSPS) is 11.0. The van der Waals surface area contributed by atoms with E-state index in [4.69, 9.17) is 10.5 Å². The number of nitrogen functional groups attached to an aromatic ring is 1. The van der Waals surface area contributed by atoms with Crippen LogP contribution in [0.15, 0.2) is 30.5 Å². The van der Waals surface area contributed by atoms with Crippen molar-refractivity contribution in [3.05, 3.63) is 41.9 Å². The maximum Gasteiger partial charge on any atom is 0.170 e. The first-order valence-corrected chi connectivity index (χ1v) is 6.83. The highest BCUT2D eigenvalue weighted by Gasteiger charge is 2.09. The summed E-state index contributed by atoms with van der Waals surface area (Å²) in [6.45, 7) is 2.40. The van der Waals surface area contributed by atoms with Crippen molar-refractivity contribution in [2.45, 2.75) is 20.0 Å². The van der Waals surface area contributed by atoms with Crippen LogP contribution < -0.4 is 10.5 Å². The van der Waals surface area contributed by atoms with Gasteiger partial charge in [0.25, 0.3) is 0 Å². The van der Waals surface area contributed by atoms with Gasteiger partial charge in [0.2, 0.25) is 0 Å². The van der Waals surface area contributed by atoms with Crippen molar-refractivity contribution >= 4 is 16.9 Å². The van der Waals surface area contributed by atoms with Gasteiger partial charge in [0.15, 0.2) is 11.5 Å². The summed E-state index contributed by atoms with van der Waals surface area (Å²) in [5, 5.41) is 4.89. The number of aryl methyl sites for hydroxylation is 2. The molecule has 108 valence electrons. The largest absolute Gasteiger partial charge is 0.486 e. The molecule has 0 saturated carbocycles. The molecule has 0 radical (unpaired) electrons. The number of ether oxygens (including phenoxy) is 1. The lowest BCUT2D eigenvalue weighted by Crippen LogP contribution is -2.06. The van der Waals surface area contributed by atoms with E-state index in [-0.39, 0.29) is 6.61 Å². The lowest BCUT2D eigenvalue weighted by molar-refractivity contribution is 0.296. The summed E-state index contributed by atoms with van der Waals surface area (Å²) in [5.41, 5.74) is 7.90. The molecule has 3 rings (SSSR count). The third-order valence-electron chi connectivity index (χ3n) is 3.37. The summed E-state index contributed by atoms with van der Waals surface area (Å²) >= 11 is 0. The molecule has 0 atom stereocenters. The molecule has 0 unspecified atom stereocenters. The number of anilines is 1. The summed E-state index contributed by atoms with van der Waals surface area (Å²) in [5.74, 6) is 1.76. The summed E-state index contributed by atoms with van der Waals surface area (Å²) in [6, 6.07) is 8.00. The SMILES string of the molecule is CCc1ccc(OCc2nc(N)c3cnn(C)c3n2)cc1. The Labute approximate surface area is 122 Å². The predicted octanol–water partition coefficient (Wildman–Crippen LogP) is 2.09.